The second-order valence-electron chi connectivity index (χ2n) is 7.49. The summed E-state index contributed by atoms with van der Waals surface area (Å²) in [4.78, 5) is 26.8. The van der Waals surface area contributed by atoms with Crippen LogP contribution in [0.5, 0.6) is 0 Å². The Morgan fingerprint density at radius 2 is 1.67 bits per heavy atom. The van der Waals surface area contributed by atoms with E-state index >= 15 is 0 Å². The van der Waals surface area contributed by atoms with Gasteiger partial charge < -0.3 is 9.64 Å². The van der Waals surface area contributed by atoms with Crippen LogP contribution >= 0.6 is 0 Å². The molecule has 0 radical (unpaired) electrons. The Kier molecular flexibility index (Phi) is 9.14. The molecular weight excluding hydrogens is 442 g/mol. The van der Waals surface area contributed by atoms with Gasteiger partial charge in [-0.1, -0.05) is 26.0 Å². The van der Waals surface area contributed by atoms with E-state index in [1.807, 2.05) is 38.1 Å². The van der Waals surface area contributed by atoms with Crippen molar-refractivity contribution < 1.29 is 22.7 Å². The molecule has 0 fully saturated rings. The third-order valence-corrected chi connectivity index (χ3v) is 7.05. The molecular formula is C24H29N3O5S. The number of hydrogen-bond acceptors (Lipinski definition) is 6. The number of hydrogen-bond donors (Lipinski definition) is 0. The van der Waals surface area contributed by atoms with Crippen molar-refractivity contribution in [3.8, 4) is 6.07 Å². The van der Waals surface area contributed by atoms with Crippen molar-refractivity contribution in [1.29, 1.82) is 5.26 Å². The number of anilines is 1. The zero-order chi connectivity index (χ0) is 24.6. The predicted molar refractivity (Wildman–Crippen MR) is 125 cm³/mol. The normalized spacial score (nSPS) is 11.2. The van der Waals surface area contributed by atoms with Crippen LogP contribution in [-0.2, 0) is 19.6 Å². The zero-order valence-corrected chi connectivity index (χ0v) is 20.2. The van der Waals surface area contributed by atoms with Gasteiger partial charge in [-0.25, -0.2) is 13.2 Å². The summed E-state index contributed by atoms with van der Waals surface area (Å²) < 4.78 is 31.9. The lowest BCUT2D eigenvalue weighted by Crippen LogP contribution is -2.35. The van der Waals surface area contributed by atoms with E-state index in [4.69, 9.17) is 10.00 Å². The fourth-order valence-electron chi connectivity index (χ4n) is 3.45. The van der Waals surface area contributed by atoms with Crippen LogP contribution in [0.3, 0.4) is 0 Å². The molecule has 8 nitrogen and oxygen atoms in total. The van der Waals surface area contributed by atoms with E-state index in [9.17, 15) is 18.0 Å². The maximum Gasteiger partial charge on any atom is 0.338 e. The lowest BCUT2D eigenvalue weighted by Gasteiger charge is -2.22. The number of rotatable bonds is 10. The highest BCUT2D eigenvalue weighted by Crippen LogP contribution is 2.20. The Bertz CT molecular complexity index is 1130. The van der Waals surface area contributed by atoms with Gasteiger partial charge in [0.2, 0.25) is 10.0 Å². The molecule has 0 bridgehead atoms. The minimum Gasteiger partial charge on any atom is -0.452 e. The van der Waals surface area contributed by atoms with Gasteiger partial charge in [0, 0.05) is 25.3 Å². The number of aryl methyl sites for hydroxylation is 2. The van der Waals surface area contributed by atoms with E-state index in [0.29, 0.717) is 18.8 Å². The Labute approximate surface area is 195 Å². The van der Waals surface area contributed by atoms with Crippen molar-refractivity contribution in [2.45, 2.75) is 39.0 Å². The zero-order valence-electron chi connectivity index (χ0n) is 19.4. The second-order valence-corrected chi connectivity index (χ2v) is 9.43. The summed E-state index contributed by atoms with van der Waals surface area (Å²) >= 11 is 0. The molecule has 9 heteroatoms. The summed E-state index contributed by atoms with van der Waals surface area (Å²) in [5, 5.41) is 8.96. The minimum atomic E-state index is -3.74. The topological polar surface area (TPSA) is 108 Å². The van der Waals surface area contributed by atoms with Crippen LogP contribution in [0.25, 0.3) is 0 Å². The average molecular weight is 472 g/mol. The lowest BCUT2D eigenvalue weighted by molar-refractivity contribution is -0.121. The molecule has 0 spiro atoms. The first-order valence-corrected chi connectivity index (χ1v) is 12.1. The number of ether oxygens (including phenoxy) is 1. The van der Waals surface area contributed by atoms with Crippen LogP contribution < -0.4 is 4.90 Å². The van der Waals surface area contributed by atoms with E-state index in [1.54, 1.807) is 13.8 Å². The summed E-state index contributed by atoms with van der Waals surface area (Å²) in [7, 11) is -3.74. The maximum atomic E-state index is 12.8. The molecule has 0 aromatic heterocycles. The van der Waals surface area contributed by atoms with Crippen LogP contribution in [-0.4, -0.2) is 50.8 Å². The first kappa shape index (κ1) is 26.0. The fourth-order valence-corrected chi connectivity index (χ4v) is 4.96. The SMILES string of the molecule is CCN(CC)S(=O)(=O)c1cccc(C(=O)OCC(=O)N(CCC#N)c2cc(C)cc(C)c2)c1. The number of carbonyl (C=O) groups is 2. The van der Waals surface area contributed by atoms with Gasteiger partial charge >= 0.3 is 5.97 Å². The quantitative estimate of drug-likeness (QED) is 0.491. The molecule has 176 valence electrons. The Morgan fingerprint density at radius 3 is 2.24 bits per heavy atom. The van der Waals surface area contributed by atoms with Gasteiger partial charge in [0.15, 0.2) is 6.61 Å². The van der Waals surface area contributed by atoms with Crippen molar-refractivity contribution in [2.24, 2.45) is 0 Å². The molecule has 0 unspecified atom stereocenters. The van der Waals surface area contributed by atoms with Gasteiger partial charge in [0.25, 0.3) is 5.91 Å². The molecule has 33 heavy (non-hydrogen) atoms. The first-order valence-electron chi connectivity index (χ1n) is 10.7. The van der Waals surface area contributed by atoms with Crippen molar-refractivity contribution in [1.82, 2.24) is 4.31 Å². The van der Waals surface area contributed by atoms with E-state index in [1.165, 1.54) is 33.5 Å². The van der Waals surface area contributed by atoms with E-state index < -0.39 is 28.5 Å². The highest BCUT2D eigenvalue weighted by atomic mass is 32.2. The maximum absolute atomic E-state index is 12.8. The predicted octanol–water partition coefficient (Wildman–Crippen LogP) is 3.44. The number of carbonyl (C=O) groups excluding carboxylic acids is 2. The molecule has 0 heterocycles. The molecule has 0 atom stereocenters. The van der Waals surface area contributed by atoms with E-state index in [0.717, 1.165) is 11.1 Å². The van der Waals surface area contributed by atoms with Gasteiger partial charge in [-0.05, 0) is 55.3 Å². The minimum absolute atomic E-state index is 0.0159. The average Bonchev–Trinajstić information content (AvgIpc) is 2.77. The lowest BCUT2D eigenvalue weighted by atomic mass is 10.1. The number of esters is 1. The van der Waals surface area contributed by atoms with E-state index in [2.05, 4.69) is 0 Å². The summed E-state index contributed by atoms with van der Waals surface area (Å²) in [6.07, 6.45) is 0.123. The monoisotopic (exact) mass is 471 g/mol. The summed E-state index contributed by atoms with van der Waals surface area (Å²) in [5.74, 6) is -1.28. The van der Waals surface area contributed by atoms with Crippen LogP contribution in [0.4, 0.5) is 5.69 Å². The third-order valence-electron chi connectivity index (χ3n) is 5.01. The number of nitriles is 1. The van der Waals surface area contributed by atoms with Crippen molar-refractivity contribution in [3.63, 3.8) is 0 Å². The molecule has 0 saturated carbocycles. The van der Waals surface area contributed by atoms with Gasteiger partial charge in [-0.15, -0.1) is 0 Å². The highest BCUT2D eigenvalue weighted by molar-refractivity contribution is 7.89. The second kappa shape index (κ2) is 11.6. The Morgan fingerprint density at radius 1 is 1.03 bits per heavy atom. The van der Waals surface area contributed by atoms with Crippen LogP contribution in [0, 0.1) is 25.2 Å². The first-order chi connectivity index (χ1) is 15.6. The summed E-state index contributed by atoms with van der Waals surface area (Å²) in [5.41, 5.74) is 2.58. The van der Waals surface area contributed by atoms with Crippen molar-refractivity contribution in [2.75, 3.05) is 31.1 Å². The van der Waals surface area contributed by atoms with Crippen LogP contribution in [0.2, 0.25) is 0 Å². The molecule has 1 amide bonds. The summed E-state index contributed by atoms with van der Waals surface area (Å²) in [6.45, 7) is 7.51. The number of amides is 1. The molecule has 2 rings (SSSR count). The molecule has 2 aromatic rings. The molecule has 2 aromatic carbocycles. The molecule has 0 N–H and O–H groups in total. The van der Waals surface area contributed by atoms with E-state index in [-0.39, 0.29) is 23.4 Å². The molecule has 0 aliphatic carbocycles. The third kappa shape index (κ3) is 6.63. The van der Waals surface area contributed by atoms with Gasteiger partial charge in [-0.2, -0.15) is 9.57 Å². The smallest absolute Gasteiger partial charge is 0.338 e. The molecule has 0 saturated heterocycles. The number of sulfonamides is 1. The standard InChI is InChI=1S/C24H29N3O5S/c1-5-26(6-2)33(30,31)22-10-7-9-20(16-22)24(29)32-17-23(28)27(12-8-11-25)21-14-18(3)13-19(4)15-21/h7,9-10,13-16H,5-6,8,12,17H2,1-4H3. The Balaban J connectivity index is 2.18. The number of nitrogens with zero attached hydrogens (tertiary/aromatic N) is 3. The van der Waals surface area contributed by atoms with Crippen LogP contribution in [0.15, 0.2) is 47.4 Å². The largest absolute Gasteiger partial charge is 0.452 e. The number of benzene rings is 2. The highest BCUT2D eigenvalue weighted by Gasteiger charge is 2.24. The van der Waals surface area contributed by atoms with Crippen molar-refractivity contribution >= 4 is 27.6 Å². The summed E-state index contributed by atoms with van der Waals surface area (Å²) in [6, 6.07) is 13.2. The van der Waals surface area contributed by atoms with Gasteiger partial charge in [0.1, 0.15) is 0 Å². The van der Waals surface area contributed by atoms with Gasteiger partial charge in [-0.3, -0.25) is 4.79 Å². The van der Waals surface area contributed by atoms with Crippen LogP contribution in [0.1, 0.15) is 41.8 Å². The fraction of sp³-hybridized carbons (Fsp3) is 0.375. The molecule has 0 aliphatic heterocycles. The van der Waals surface area contributed by atoms with Crippen molar-refractivity contribution in [3.05, 3.63) is 59.2 Å². The van der Waals surface area contributed by atoms with Gasteiger partial charge in [0.05, 0.1) is 22.9 Å². The Hall–Kier alpha value is -3.22. The molecule has 0 aliphatic rings.